The van der Waals surface area contributed by atoms with Crippen molar-refractivity contribution in [3.05, 3.63) is 107 Å². The van der Waals surface area contributed by atoms with Crippen molar-refractivity contribution in [3.63, 3.8) is 0 Å². The summed E-state index contributed by atoms with van der Waals surface area (Å²) in [7, 11) is 0. The molecule has 6 nitrogen and oxygen atoms in total. The Kier molecular flexibility index (Phi) is 5.37. The molecule has 3 atom stereocenters. The number of hydrogen-bond donors (Lipinski definition) is 0. The number of amides is 2. The van der Waals surface area contributed by atoms with Crippen LogP contribution in [0.15, 0.2) is 95.4 Å². The molecule has 174 valence electrons. The molecule has 0 N–H and O–H groups in total. The number of fused-ring (bicyclic) bond motifs is 1. The first-order valence-electron chi connectivity index (χ1n) is 11.0. The minimum Gasteiger partial charge on any atom is -0.459 e. The molecule has 0 spiro atoms. The lowest BCUT2D eigenvalue weighted by Crippen LogP contribution is -2.37. The smallest absolute Gasteiger partial charge is 0.266 e. The SMILES string of the molecule is O=C1[C@@H]2[C@@H](ON(c3ccccc3)[C@H]2c2ccc(-c3ccc(Cl)c(Cl)c3)o2)C(=O)N1c1ccccc1. The van der Waals surface area contributed by atoms with Crippen LogP contribution in [0.3, 0.4) is 0 Å². The highest BCUT2D eigenvalue weighted by Crippen LogP contribution is 2.48. The van der Waals surface area contributed by atoms with Crippen molar-refractivity contribution in [1.29, 1.82) is 0 Å². The molecule has 0 unspecified atom stereocenters. The van der Waals surface area contributed by atoms with Gasteiger partial charge in [-0.15, -0.1) is 0 Å². The third-order valence-electron chi connectivity index (χ3n) is 6.26. The average molecular weight is 505 g/mol. The minimum atomic E-state index is -0.966. The Hall–Kier alpha value is -3.58. The number of anilines is 2. The van der Waals surface area contributed by atoms with Crippen molar-refractivity contribution in [1.82, 2.24) is 0 Å². The average Bonchev–Trinajstić information content (AvgIpc) is 3.57. The monoisotopic (exact) mass is 504 g/mol. The highest BCUT2D eigenvalue weighted by Gasteiger charge is 2.61. The number of hydrogen-bond acceptors (Lipinski definition) is 5. The number of furan rings is 1. The van der Waals surface area contributed by atoms with Crippen LogP contribution in [0.25, 0.3) is 11.3 Å². The highest BCUT2D eigenvalue weighted by atomic mass is 35.5. The molecule has 0 bridgehead atoms. The van der Waals surface area contributed by atoms with Gasteiger partial charge in [0, 0.05) is 5.56 Å². The zero-order chi connectivity index (χ0) is 24.1. The fourth-order valence-electron chi connectivity index (χ4n) is 4.65. The lowest BCUT2D eigenvalue weighted by Gasteiger charge is -2.27. The van der Waals surface area contributed by atoms with Crippen LogP contribution in [-0.2, 0) is 14.4 Å². The molecule has 3 aromatic carbocycles. The molecule has 6 rings (SSSR count). The number of para-hydroxylation sites is 2. The van der Waals surface area contributed by atoms with E-state index in [2.05, 4.69) is 0 Å². The van der Waals surface area contributed by atoms with Gasteiger partial charge in [0.25, 0.3) is 5.91 Å². The summed E-state index contributed by atoms with van der Waals surface area (Å²) in [5, 5.41) is 2.46. The Morgan fingerprint density at radius 3 is 2.09 bits per heavy atom. The van der Waals surface area contributed by atoms with E-state index in [-0.39, 0.29) is 5.91 Å². The maximum absolute atomic E-state index is 13.6. The summed E-state index contributed by atoms with van der Waals surface area (Å²) in [6.07, 6.45) is -0.966. The van der Waals surface area contributed by atoms with E-state index in [1.165, 1.54) is 4.90 Å². The van der Waals surface area contributed by atoms with E-state index >= 15 is 0 Å². The molecule has 2 amide bonds. The van der Waals surface area contributed by atoms with Crippen molar-refractivity contribution in [2.24, 2.45) is 5.92 Å². The maximum atomic E-state index is 13.6. The van der Waals surface area contributed by atoms with E-state index in [1.807, 2.05) is 42.5 Å². The van der Waals surface area contributed by atoms with Gasteiger partial charge in [-0.2, -0.15) is 0 Å². The topological polar surface area (TPSA) is 63.0 Å². The van der Waals surface area contributed by atoms with Gasteiger partial charge >= 0.3 is 0 Å². The zero-order valence-corrected chi connectivity index (χ0v) is 19.7. The third-order valence-corrected chi connectivity index (χ3v) is 7.00. The predicted molar refractivity (Wildman–Crippen MR) is 133 cm³/mol. The molecule has 2 saturated heterocycles. The number of rotatable bonds is 4. The van der Waals surface area contributed by atoms with Crippen LogP contribution in [-0.4, -0.2) is 17.9 Å². The second kappa shape index (κ2) is 8.57. The van der Waals surface area contributed by atoms with Gasteiger partial charge in [0.1, 0.15) is 23.5 Å². The Morgan fingerprint density at radius 2 is 1.40 bits per heavy atom. The van der Waals surface area contributed by atoms with Crippen molar-refractivity contribution < 1.29 is 18.8 Å². The second-order valence-corrected chi connectivity index (χ2v) is 9.15. The summed E-state index contributed by atoms with van der Waals surface area (Å²) in [4.78, 5) is 34.3. The van der Waals surface area contributed by atoms with Gasteiger partial charge in [0.05, 0.1) is 21.4 Å². The van der Waals surface area contributed by atoms with Crippen molar-refractivity contribution in [2.45, 2.75) is 12.1 Å². The van der Waals surface area contributed by atoms with E-state index < -0.39 is 24.0 Å². The van der Waals surface area contributed by atoms with Crippen LogP contribution in [0.2, 0.25) is 10.0 Å². The molecule has 2 aliphatic heterocycles. The number of halogens is 2. The van der Waals surface area contributed by atoms with Gasteiger partial charge in [-0.3, -0.25) is 14.4 Å². The normalized spacial score (nSPS) is 21.6. The molecule has 0 radical (unpaired) electrons. The highest BCUT2D eigenvalue weighted by molar-refractivity contribution is 6.42. The maximum Gasteiger partial charge on any atom is 0.266 e. The molecule has 2 fully saturated rings. The predicted octanol–water partition coefficient (Wildman–Crippen LogP) is 6.30. The lowest BCUT2D eigenvalue weighted by molar-refractivity contribution is -0.126. The summed E-state index contributed by atoms with van der Waals surface area (Å²) in [5.74, 6) is -0.450. The molecule has 8 heteroatoms. The van der Waals surface area contributed by atoms with Gasteiger partial charge in [-0.05, 0) is 54.6 Å². The van der Waals surface area contributed by atoms with E-state index in [4.69, 9.17) is 32.5 Å². The second-order valence-electron chi connectivity index (χ2n) is 8.34. The Labute approximate surface area is 211 Å². The van der Waals surface area contributed by atoms with E-state index in [0.29, 0.717) is 32.9 Å². The Balaban J connectivity index is 1.42. The summed E-state index contributed by atoms with van der Waals surface area (Å²) < 4.78 is 6.23. The lowest BCUT2D eigenvalue weighted by atomic mass is 9.94. The quantitative estimate of drug-likeness (QED) is 0.305. The Bertz CT molecular complexity index is 1420. The molecule has 0 aliphatic carbocycles. The summed E-state index contributed by atoms with van der Waals surface area (Å²) in [6.45, 7) is 0. The van der Waals surface area contributed by atoms with Gasteiger partial charge in [-0.1, -0.05) is 59.6 Å². The van der Waals surface area contributed by atoms with Crippen LogP contribution in [0.5, 0.6) is 0 Å². The van der Waals surface area contributed by atoms with Gasteiger partial charge in [0.15, 0.2) is 6.10 Å². The molecule has 0 saturated carbocycles. The fourth-order valence-corrected chi connectivity index (χ4v) is 4.95. The van der Waals surface area contributed by atoms with Gasteiger partial charge < -0.3 is 4.42 Å². The number of carbonyl (C=O) groups is 2. The number of imide groups is 1. The van der Waals surface area contributed by atoms with Crippen LogP contribution in [0.1, 0.15) is 11.8 Å². The number of nitrogens with zero attached hydrogens (tertiary/aromatic N) is 2. The third kappa shape index (κ3) is 3.62. The largest absolute Gasteiger partial charge is 0.459 e. The standard InChI is InChI=1S/C27H18Cl2N2O4/c28-19-12-11-16(15-20(19)29)21-13-14-22(34-21)24-23-25(35-31(24)18-9-5-2-6-10-18)27(33)30(26(23)32)17-7-3-1-4-8-17/h1-15,23-25H/t23-,24-,25+/m0/s1. The molecule has 4 aromatic rings. The van der Waals surface area contributed by atoms with E-state index in [0.717, 1.165) is 5.56 Å². The van der Waals surface area contributed by atoms with Gasteiger partial charge in [-0.25, -0.2) is 9.96 Å². The van der Waals surface area contributed by atoms with Crippen LogP contribution >= 0.6 is 23.2 Å². The van der Waals surface area contributed by atoms with Crippen LogP contribution < -0.4 is 9.96 Å². The first-order chi connectivity index (χ1) is 17.0. The first kappa shape index (κ1) is 21.9. The molecule has 2 aliphatic rings. The van der Waals surface area contributed by atoms with E-state index in [9.17, 15) is 9.59 Å². The molecule has 35 heavy (non-hydrogen) atoms. The van der Waals surface area contributed by atoms with E-state index in [1.54, 1.807) is 53.6 Å². The first-order valence-corrected chi connectivity index (χ1v) is 11.8. The number of hydroxylamine groups is 1. The van der Waals surface area contributed by atoms with Crippen molar-refractivity contribution in [2.75, 3.05) is 9.96 Å². The summed E-state index contributed by atoms with van der Waals surface area (Å²) >= 11 is 12.3. The molecule has 1 aromatic heterocycles. The molecular formula is C27H18Cl2N2O4. The van der Waals surface area contributed by atoms with Crippen LogP contribution in [0, 0.1) is 5.92 Å². The number of benzene rings is 3. The molecular weight excluding hydrogens is 487 g/mol. The molecule has 3 heterocycles. The number of carbonyl (C=O) groups excluding carboxylic acids is 2. The Morgan fingerprint density at radius 1 is 0.714 bits per heavy atom. The zero-order valence-electron chi connectivity index (χ0n) is 18.2. The summed E-state index contributed by atoms with van der Waals surface area (Å²) in [5.41, 5.74) is 1.97. The minimum absolute atomic E-state index is 0.331. The van der Waals surface area contributed by atoms with Crippen molar-refractivity contribution >= 4 is 46.4 Å². The van der Waals surface area contributed by atoms with Crippen molar-refractivity contribution in [3.8, 4) is 11.3 Å². The fraction of sp³-hybridized carbons (Fsp3) is 0.111. The van der Waals surface area contributed by atoms with Gasteiger partial charge in [0.2, 0.25) is 5.91 Å². The summed E-state index contributed by atoms with van der Waals surface area (Å²) in [6, 6.07) is 26.4. The van der Waals surface area contributed by atoms with Crippen LogP contribution in [0.4, 0.5) is 11.4 Å².